The van der Waals surface area contributed by atoms with E-state index in [2.05, 4.69) is 5.32 Å². The molecule has 0 saturated carbocycles. The van der Waals surface area contributed by atoms with Crippen LogP contribution in [-0.4, -0.2) is 32.3 Å². The number of nitrogens with two attached hydrogens (primary N) is 1. The summed E-state index contributed by atoms with van der Waals surface area (Å²) >= 11 is 0. The largest absolute Gasteiger partial charge is 0.496 e. The Morgan fingerprint density at radius 2 is 1.97 bits per heavy atom. The maximum Gasteiger partial charge on any atom is 0.406 e. The molecular weight excluding hydrogens is 419 g/mol. The molecule has 32 heavy (non-hydrogen) atoms. The molecule has 2 heterocycles. The fourth-order valence-corrected chi connectivity index (χ4v) is 4.76. The van der Waals surface area contributed by atoms with Crippen molar-refractivity contribution in [2.24, 2.45) is 5.73 Å². The van der Waals surface area contributed by atoms with E-state index in [0.717, 1.165) is 41.8 Å². The van der Waals surface area contributed by atoms with Gasteiger partial charge in [0.1, 0.15) is 12.3 Å². The molecule has 1 fully saturated rings. The van der Waals surface area contributed by atoms with Gasteiger partial charge < -0.3 is 20.7 Å². The van der Waals surface area contributed by atoms with Gasteiger partial charge in [0.25, 0.3) is 0 Å². The second-order valence-electron chi connectivity index (χ2n) is 8.43. The predicted octanol–water partition coefficient (Wildman–Crippen LogP) is 4.40. The van der Waals surface area contributed by atoms with Crippen LogP contribution < -0.4 is 20.7 Å². The fourth-order valence-electron chi connectivity index (χ4n) is 4.76. The molecule has 2 aliphatic heterocycles. The number of anilines is 1. The summed E-state index contributed by atoms with van der Waals surface area (Å²) in [7, 11) is 1.52. The minimum atomic E-state index is -4.49. The van der Waals surface area contributed by atoms with Gasteiger partial charge >= 0.3 is 6.18 Å². The maximum absolute atomic E-state index is 13.2. The number of carbonyl (C=O) groups excluding carboxylic acids is 1. The number of nitrogens with one attached hydrogen (secondary N) is 1. The van der Waals surface area contributed by atoms with Gasteiger partial charge in [0, 0.05) is 23.7 Å². The van der Waals surface area contributed by atoms with Crippen molar-refractivity contribution >= 4 is 11.6 Å². The third-order valence-electron chi connectivity index (χ3n) is 6.32. The van der Waals surface area contributed by atoms with Gasteiger partial charge in [-0.2, -0.15) is 13.2 Å². The van der Waals surface area contributed by atoms with Crippen molar-refractivity contribution in [3.8, 4) is 5.75 Å². The molecule has 0 aliphatic carbocycles. The number of hydrogen-bond donors (Lipinski definition) is 2. The molecule has 3 N–H and O–H groups in total. The van der Waals surface area contributed by atoms with E-state index in [1.54, 1.807) is 12.1 Å². The Morgan fingerprint density at radius 3 is 2.66 bits per heavy atom. The van der Waals surface area contributed by atoms with Crippen LogP contribution in [0.1, 0.15) is 60.0 Å². The minimum absolute atomic E-state index is 0.0355. The van der Waals surface area contributed by atoms with Crippen LogP contribution in [0.5, 0.6) is 5.75 Å². The average molecular weight is 448 g/mol. The van der Waals surface area contributed by atoms with Gasteiger partial charge in [0.05, 0.1) is 13.2 Å². The van der Waals surface area contributed by atoms with Crippen LogP contribution in [0.3, 0.4) is 0 Å². The third kappa shape index (κ3) is 4.61. The number of fused-ring (bicyclic) bond motifs is 1. The number of halogens is 3. The van der Waals surface area contributed by atoms with E-state index in [1.165, 1.54) is 7.11 Å². The van der Waals surface area contributed by atoms with Crippen LogP contribution in [-0.2, 0) is 11.2 Å². The number of rotatable bonds is 5. The molecule has 0 spiro atoms. The Labute approximate surface area is 185 Å². The number of ether oxygens (including phenoxy) is 1. The number of alkyl halides is 3. The zero-order chi connectivity index (χ0) is 22.9. The summed E-state index contributed by atoms with van der Waals surface area (Å²) < 4.78 is 45.1. The van der Waals surface area contributed by atoms with Crippen LogP contribution in [0, 0.1) is 0 Å². The van der Waals surface area contributed by atoms with Gasteiger partial charge in [-0.1, -0.05) is 30.7 Å². The molecule has 5 nitrogen and oxygen atoms in total. The molecule has 2 aliphatic rings. The lowest BCUT2D eigenvalue weighted by Crippen LogP contribution is -2.42. The Morgan fingerprint density at radius 1 is 1.19 bits per heavy atom. The molecule has 4 rings (SSSR count). The quantitative estimate of drug-likeness (QED) is 0.713. The molecule has 172 valence electrons. The van der Waals surface area contributed by atoms with Crippen LogP contribution in [0.25, 0.3) is 0 Å². The third-order valence-corrected chi connectivity index (χ3v) is 6.32. The monoisotopic (exact) mass is 447 g/mol. The first-order valence-corrected chi connectivity index (χ1v) is 10.9. The number of benzene rings is 2. The van der Waals surface area contributed by atoms with E-state index in [-0.39, 0.29) is 18.2 Å². The number of aryl methyl sites for hydroxylation is 1. The molecular formula is C24H28F3N3O2. The highest BCUT2D eigenvalue weighted by atomic mass is 19.4. The molecule has 0 aromatic heterocycles. The molecule has 0 radical (unpaired) electrons. The van der Waals surface area contributed by atoms with Gasteiger partial charge in [-0.15, -0.1) is 0 Å². The topological polar surface area (TPSA) is 67.6 Å². The SMILES string of the molecule is COc1cc2c(cc1C(N)c1ccccc1[C@H]1CCCCN1)N(CC(F)(F)F)C(=O)CC2. The molecule has 0 bridgehead atoms. The van der Waals surface area contributed by atoms with Gasteiger partial charge in [-0.25, -0.2) is 0 Å². The van der Waals surface area contributed by atoms with E-state index in [9.17, 15) is 18.0 Å². The zero-order valence-corrected chi connectivity index (χ0v) is 18.0. The first kappa shape index (κ1) is 22.6. The summed E-state index contributed by atoms with van der Waals surface area (Å²) in [5.41, 5.74) is 10.2. The Bertz CT molecular complexity index is 987. The molecule has 2 atom stereocenters. The van der Waals surface area contributed by atoms with Gasteiger partial charge in [-0.3, -0.25) is 4.79 Å². The lowest BCUT2D eigenvalue weighted by Gasteiger charge is -2.32. The van der Waals surface area contributed by atoms with Crippen molar-refractivity contribution in [3.05, 3.63) is 58.7 Å². The Balaban J connectivity index is 1.77. The summed E-state index contributed by atoms with van der Waals surface area (Å²) in [4.78, 5) is 13.2. The standard InChI is InChI=1S/C24H28F3N3O2/c1-32-21-12-15-9-10-22(31)30(14-24(25,26)27)20(15)13-18(21)23(28)17-7-3-2-6-16(17)19-8-4-5-11-29-19/h2-3,6-7,12-13,19,23,29H,4-5,8-11,14,28H2,1H3/t19-,23?/m1/s1. The number of piperidine rings is 1. The summed E-state index contributed by atoms with van der Waals surface area (Å²) in [5.74, 6) is -0.0183. The lowest BCUT2D eigenvalue weighted by molar-refractivity contribution is -0.132. The van der Waals surface area contributed by atoms with Gasteiger partial charge in [0.15, 0.2) is 0 Å². The van der Waals surface area contributed by atoms with Crippen LogP contribution in [0.4, 0.5) is 18.9 Å². The number of methoxy groups -OCH3 is 1. The second-order valence-corrected chi connectivity index (χ2v) is 8.43. The smallest absolute Gasteiger partial charge is 0.406 e. The molecule has 8 heteroatoms. The number of hydrogen-bond acceptors (Lipinski definition) is 4. The predicted molar refractivity (Wildman–Crippen MR) is 117 cm³/mol. The normalized spacial score (nSPS) is 20.1. The maximum atomic E-state index is 13.2. The van der Waals surface area contributed by atoms with Crippen molar-refractivity contribution in [2.75, 3.05) is 25.1 Å². The second kappa shape index (κ2) is 9.11. The van der Waals surface area contributed by atoms with E-state index >= 15 is 0 Å². The van der Waals surface area contributed by atoms with Gasteiger partial charge in [-0.05, 0) is 54.6 Å². The van der Waals surface area contributed by atoms with E-state index in [4.69, 9.17) is 10.5 Å². The summed E-state index contributed by atoms with van der Waals surface area (Å²) in [6.07, 6.45) is -0.834. The van der Waals surface area contributed by atoms with E-state index in [1.807, 2.05) is 24.3 Å². The first-order chi connectivity index (χ1) is 15.3. The Hall–Kier alpha value is -2.58. The molecule has 1 amide bonds. The molecule has 2 aromatic rings. The number of amides is 1. The number of carbonyl (C=O) groups is 1. The summed E-state index contributed by atoms with van der Waals surface area (Å²) in [5, 5.41) is 3.53. The highest BCUT2D eigenvalue weighted by molar-refractivity contribution is 5.97. The lowest BCUT2D eigenvalue weighted by atomic mass is 9.87. The Kier molecular flexibility index (Phi) is 6.44. The van der Waals surface area contributed by atoms with Crippen molar-refractivity contribution in [2.45, 2.75) is 50.4 Å². The zero-order valence-electron chi connectivity index (χ0n) is 18.0. The minimum Gasteiger partial charge on any atom is -0.496 e. The van der Waals surface area contributed by atoms with Crippen LogP contribution in [0.15, 0.2) is 36.4 Å². The van der Waals surface area contributed by atoms with Gasteiger partial charge in [0.2, 0.25) is 5.91 Å². The first-order valence-electron chi connectivity index (χ1n) is 10.9. The fraction of sp³-hybridized carbons (Fsp3) is 0.458. The van der Waals surface area contributed by atoms with Crippen LogP contribution >= 0.6 is 0 Å². The van der Waals surface area contributed by atoms with Crippen molar-refractivity contribution in [3.63, 3.8) is 0 Å². The van der Waals surface area contributed by atoms with Crippen molar-refractivity contribution in [1.29, 1.82) is 0 Å². The number of nitrogens with zero attached hydrogens (tertiary/aromatic N) is 1. The highest BCUT2D eigenvalue weighted by Crippen LogP contribution is 2.40. The average Bonchev–Trinajstić information content (AvgIpc) is 2.79. The van der Waals surface area contributed by atoms with E-state index in [0.29, 0.717) is 23.3 Å². The van der Waals surface area contributed by atoms with Crippen LogP contribution in [0.2, 0.25) is 0 Å². The molecule has 1 saturated heterocycles. The molecule has 2 aromatic carbocycles. The summed E-state index contributed by atoms with van der Waals surface area (Å²) in [6.45, 7) is -0.382. The molecule has 1 unspecified atom stereocenters. The van der Waals surface area contributed by atoms with E-state index < -0.39 is 24.7 Å². The summed E-state index contributed by atoms with van der Waals surface area (Å²) in [6, 6.07) is 10.8. The van der Waals surface area contributed by atoms with Crippen molar-refractivity contribution in [1.82, 2.24) is 5.32 Å². The highest BCUT2D eigenvalue weighted by Gasteiger charge is 2.37. The van der Waals surface area contributed by atoms with Crippen molar-refractivity contribution < 1.29 is 22.7 Å².